The van der Waals surface area contributed by atoms with E-state index in [9.17, 15) is 4.79 Å². The number of carbonyl (C=O) groups excluding carboxylic acids is 1. The molecule has 0 aliphatic carbocycles. The summed E-state index contributed by atoms with van der Waals surface area (Å²) in [4.78, 5) is 15.9. The number of hydrogen-bond donors (Lipinski definition) is 0. The molecule has 0 aliphatic rings. The summed E-state index contributed by atoms with van der Waals surface area (Å²) in [6, 6.07) is 6.99. The number of fused-ring (bicyclic) bond motifs is 1. The second-order valence-corrected chi connectivity index (χ2v) is 4.10. The van der Waals surface area contributed by atoms with Crippen LogP contribution in [0.15, 0.2) is 18.2 Å². The third-order valence-corrected chi connectivity index (χ3v) is 3.01. The topological polar surface area (TPSA) is 63.0 Å². The van der Waals surface area contributed by atoms with Gasteiger partial charge >= 0.3 is 5.97 Å². The van der Waals surface area contributed by atoms with E-state index in [0.717, 1.165) is 0 Å². The zero-order valence-electron chi connectivity index (χ0n) is 9.82. The minimum atomic E-state index is -0.533. The molecule has 0 aliphatic heterocycles. The van der Waals surface area contributed by atoms with Crippen molar-refractivity contribution in [1.82, 2.24) is 4.98 Å². The predicted molar refractivity (Wildman–Crippen MR) is 67.5 cm³/mol. The first kappa shape index (κ1) is 12.3. The van der Waals surface area contributed by atoms with Crippen LogP contribution in [0.4, 0.5) is 0 Å². The van der Waals surface area contributed by atoms with Crippen LogP contribution in [0.25, 0.3) is 10.9 Å². The van der Waals surface area contributed by atoms with Crippen molar-refractivity contribution < 1.29 is 9.53 Å². The quantitative estimate of drug-likeness (QED) is 0.740. The number of ether oxygens (including phenoxy) is 1. The van der Waals surface area contributed by atoms with Gasteiger partial charge in [0.2, 0.25) is 0 Å². The standard InChI is InChI=1S/C13H9ClN2O2/c1-7-11(13(17)18-2)12(14)9-5-8(6-15)3-4-10(9)16-7/h3-5H,1-2H3. The van der Waals surface area contributed by atoms with Crippen LogP contribution >= 0.6 is 11.6 Å². The maximum atomic E-state index is 11.6. The molecule has 90 valence electrons. The molecule has 18 heavy (non-hydrogen) atoms. The van der Waals surface area contributed by atoms with Crippen LogP contribution in [0.5, 0.6) is 0 Å². The monoisotopic (exact) mass is 260 g/mol. The van der Waals surface area contributed by atoms with Gasteiger partial charge in [0.05, 0.1) is 35.0 Å². The van der Waals surface area contributed by atoms with Crippen molar-refractivity contribution >= 4 is 28.5 Å². The molecule has 0 atom stereocenters. The lowest BCUT2D eigenvalue weighted by atomic mass is 10.1. The van der Waals surface area contributed by atoms with E-state index in [1.165, 1.54) is 7.11 Å². The van der Waals surface area contributed by atoms with Crippen LogP contribution < -0.4 is 0 Å². The average molecular weight is 261 g/mol. The summed E-state index contributed by atoms with van der Waals surface area (Å²) in [5, 5.41) is 9.70. The highest BCUT2D eigenvalue weighted by Crippen LogP contribution is 2.29. The Bertz CT molecular complexity index is 689. The molecule has 0 radical (unpaired) electrons. The van der Waals surface area contributed by atoms with Gasteiger partial charge in [-0.15, -0.1) is 0 Å². The Labute approximate surface area is 109 Å². The third kappa shape index (κ3) is 1.89. The van der Waals surface area contributed by atoms with Crippen LogP contribution in [-0.4, -0.2) is 18.1 Å². The molecule has 5 heteroatoms. The molecular formula is C13H9ClN2O2. The van der Waals surface area contributed by atoms with Crippen LogP contribution in [0.1, 0.15) is 21.6 Å². The number of methoxy groups -OCH3 is 1. The largest absolute Gasteiger partial charge is 0.465 e. The number of nitriles is 1. The fourth-order valence-electron chi connectivity index (χ4n) is 1.75. The van der Waals surface area contributed by atoms with Gasteiger partial charge in [-0.25, -0.2) is 4.79 Å². The van der Waals surface area contributed by atoms with E-state index in [1.807, 2.05) is 6.07 Å². The number of carbonyl (C=O) groups is 1. The predicted octanol–water partition coefficient (Wildman–Crippen LogP) is 2.85. The number of hydrogen-bond acceptors (Lipinski definition) is 4. The third-order valence-electron chi connectivity index (χ3n) is 2.62. The minimum Gasteiger partial charge on any atom is -0.465 e. The molecule has 0 spiro atoms. The summed E-state index contributed by atoms with van der Waals surface area (Å²) in [6.45, 7) is 1.69. The van der Waals surface area contributed by atoms with E-state index in [0.29, 0.717) is 22.2 Å². The fraction of sp³-hybridized carbons (Fsp3) is 0.154. The molecule has 0 saturated carbocycles. The Balaban J connectivity index is 2.83. The lowest BCUT2D eigenvalue weighted by Crippen LogP contribution is -2.07. The van der Waals surface area contributed by atoms with Gasteiger partial charge in [-0.3, -0.25) is 4.98 Å². The molecular weight excluding hydrogens is 252 g/mol. The first-order chi connectivity index (χ1) is 8.58. The van der Waals surface area contributed by atoms with Gasteiger partial charge in [0.15, 0.2) is 0 Å². The number of nitrogens with zero attached hydrogens (tertiary/aromatic N) is 2. The lowest BCUT2D eigenvalue weighted by molar-refractivity contribution is 0.0600. The maximum absolute atomic E-state index is 11.6. The van der Waals surface area contributed by atoms with E-state index in [1.54, 1.807) is 25.1 Å². The van der Waals surface area contributed by atoms with Crippen molar-refractivity contribution in [3.8, 4) is 6.07 Å². The van der Waals surface area contributed by atoms with Gasteiger partial charge in [-0.05, 0) is 25.1 Å². The fourth-order valence-corrected chi connectivity index (χ4v) is 2.11. The molecule has 0 unspecified atom stereocenters. The van der Waals surface area contributed by atoms with Crippen LogP contribution in [0.2, 0.25) is 5.02 Å². The first-order valence-electron chi connectivity index (χ1n) is 5.16. The highest BCUT2D eigenvalue weighted by molar-refractivity contribution is 6.38. The Kier molecular flexibility index (Phi) is 3.17. The minimum absolute atomic E-state index is 0.238. The van der Waals surface area contributed by atoms with E-state index in [-0.39, 0.29) is 10.6 Å². The molecule has 2 rings (SSSR count). The summed E-state index contributed by atoms with van der Waals surface area (Å²) in [7, 11) is 1.29. The van der Waals surface area contributed by atoms with Gasteiger partial charge in [-0.1, -0.05) is 11.6 Å². The van der Waals surface area contributed by atoms with Crippen LogP contribution in [0.3, 0.4) is 0 Å². The van der Waals surface area contributed by atoms with Gasteiger partial charge in [0.1, 0.15) is 5.56 Å². The number of aromatic nitrogens is 1. The number of pyridine rings is 1. The van der Waals surface area contributed by atoms with E-state index < -0.39 is 5.97 Å². The molecule has 0 N–H and O–H groups in total. The van der Waals surface area contributed by atoms with Crippen LogP contribution in [-0.2, 0) is 4.74 Å². The second kappa shape index (κ2) is 4.63. The summed E-state index contributed by atoms with van der Waals surface area (Å²) in [5.41, 5.74) is 1.85. The first-order valence-corrected chi connectivity index (χ1v) is 5.54. The van der Waals surface area contributed by atoms with Gasteiger partial charge in [0, 0.05) is 5.39 Å². The molecule has 4 nitrogen and oxygen atoms in total. The average Bonchev–Trinajstić information content (AvgIpc) is 2.38. The summed E-state index contributed by atoms with van der Waals surface area (Å²) < 4.78 is 4.68. The molecule has 1 aromatic carbocycles. The molecule has 0 saturated heterocycles. The number of esters is 1. The Morgan fingerprint density at radius 3 is 2.83 bits per heavy atom. The number of rotatable bonds is 1. The maximum Gasteiger partial charge on any atom is 0.341 e. The highest BCUT2D eigenvalue weighted by Gasteiger charge is 2.18. The van der Waals surface area contributed by atoms with Crippen molar-refractivity contribution in [3.05, 3.63) is 40.0 Å². The van der Waals surface area contributed by atoms with Gasteiger partial charge in [0.25, 0.3) is 0 Å². The summed E-state index contributed by atoms with van der Waals surface area (Å²) >= 11 is 6.20. The molecule has 0 amide bonds. The van der Waals surface area contributed by atoms with E-state index in [4.69, 9.17) is 16.9 Å². The van der Waals surface area contributed by atoms with Crippen molar-refractivity contribution in [2.24, 2.45) is 0 Å². The molecule has 1 heterocycles. The molecule has 0 bridgehead atoms. The molecule has 1 aromatic heterocycles. The number of aryl methyl sites for hydroxylation is 1. The zero-order chi connectivity index (χ0) is 13.3. The smallest absolute Gasteiger partial charge is 0.341 e. The molecule has 2 aromatic rings. The summed E-state index contributed by atoms with van der Waals surface area (Å²) in [6.07, 6.45) is 0. The van der Waals surface area contributed by atoms with E-state index in [2.05, 4.69) is 9.72 Å². The molecule has 0 fully saturated rings. The SMILES string of the molecule is COC(=O)c1c(C)nc2ccc(C#N)cc2c1Cl. The second-order valence-electron chi connectivity index (χ2n) is 3.72. The van der Waals surface area contributed by atoms with Gasteiger partial charge < -0.3 is 4.74 Å². The Morgan fingerprint density at radius 1 is 1.50 bits per heavy atom. The van der Waals surface area contributed by atoms with Crippen molar-refractivity contribution in [1.29, 1.82) is 5.26 Å². The summed E-state index contributed by atoms with van der Waals surface area (Å²) in [5.74, 6) is -0.533. The Morgan fingerprint density at radius 2 is 2.22 bits per heavy atom. The lowest BCUT2D eigenvalue weighted by Gasteiger charge is -2.09. The number of benzene rings is 1. The van der Waals surface area contributed by atoms with E-state index >= 15 is 0 Å². The van der Waals surface area contributed by atoms with Crippen molar-refractivity contribution in [2.45, 2.75) is 6.92 Å². The van der Waals surface area contributed by atoms with Crippen molar-refractivity contribution in [3.63, 3.8) is 0 Å². The van der Waals surface area contributed by atoms with Crippen LogP contribution in [0, 0.1) is 18.3 Å². The van der Waals surface area contributed by atoms with Crippen molar-refractivity contribution in [2.75, 3.05) is 7.11 Å². The Hall–Kier alpha value is -2.12. The highest BCUT2D eigenvalue weighted by atomic mass is 35.5. The normalized spacial score (nSPS) is 10.1. The van der Waals surface area contributed by atoms with Gasteiger partial charge in [-0.2, -0.15) is 5.26 Å². The zero-order valence-corrected chi connectivity index (χ0v) is 10.6. The number of halogens is 1.